The van der Waals surface area contributed by atoms with Crippen molar-refractivity contribution >= 4 is 58.5 Å². The van der Waals surface area contributed by atoms with Crippen LogP contribution in [-0.4, -0.2) is 28.0 Å². The van der Waals surface area contributed by atoms with Crippen LogP contribution in [0.4, 0.5) is 5.69 Å². The molecule has 1 aromatic heterocycles. The lowest BCUT2D eigenvalue weighted by Gasteiger charge is -2.29. The lowest BCUT2D eigenvalue weighted by Crippen LogP contribution is -2.54. The lowest BCUT2D eigenvalue weighted by atomic mass is 10.0. The molecule has 7 nitrogen and oxygen atoms in total. The third-order valence-electron chi connectivity index (χ3n) is 4.94. The third kappa shape index (κ3) is 3.81. The second-order valence-electron chi connectivity index (χ2n) is 6.89. The van der Waals surface area contributed by atoms with Crippen LogP contribution >= 0.6 is 23.8 Å². The smallest absolute Gasteiger partial charge is 0.335 e. The predicted octanol–water partition coefficient (Wildman–Crippen LogP) is 4.44. The molecule has 0 saturated carbocycles. The Kier molecular flexibility index (Phi) is 5.65. The van der Waals surface area contributed by atoms with Gasteiger partial charge in [-0.2, -0.15) is 0 Å². The van der Waals surface area contributed by atoms with Crippen LogP contribution in [0.2, 0.25) is 5.02 Å². The summed E-state index contributed by atoms with van der Waals surface area (Å²) in [4.78, 5) is 38.1. The minimum Gasteiger partial charge on any atom is -0.478 e. The van der Waals surface area contributed by atoms with Crippen molar-refractivity contribution in [2.75, 3.05) is 4.90 Å². The second-order valence-corrected chi connectivity index (χ2v) is 7.69. The molecule has 3 aromatic rings. The van der Waals surface area contributed by atoms with Gasteiger partial charge in [0.1, 0.15) is 17.1 Å². The van der Waals surface area contributed by atoms with E-state index in [1.54, 1.807) is 55.5 Å². The number of carbonyl (C=O) groups is 3. The number of benzene rings is 2. The Bertz CT molecular complexity index is 1330. The zero-order valence-electron chi connectivity index (χ0n) is 16.6. The number of carboxylic acid groups (broad SMARTS) is 1. The lowest BCUT2D eigenvalue weighted by molar-refractivity contribution is -0.122. The van der Waals surface area contributed by atoms with Crippen LogP contribution in [0, 0.1) is 6.92 Å². The molecule has 0 atom stereocenters. The summed E-state index contributed by atoms with van der Waals surface area (Å²) in [5, 5.41) is 12.0. The van der Waals surface area contributed by atoms with Gasteiger partial charge in [0.05, 0.1) is 16.3 Å². The van der Waals surface area contributed by atoms with Gasteiger partial charge in [-0.05, 0) is 61.1 Å². The van der Waals surface area contributed by atoms with Crippen LogP contribution in [0.15, 0.2) is 64.6 Å². The molecule has 4 rings (SSSR count). The topological polar surface area (TPSA) is 99.8 Å². The molecule has 32 heavy (non-hydrogen) atoms. The van der Waals surface area contributed by atoms with Gasteiger partial charge >= 0.3 is 5.97 Å². The van der Waals surface area contributed by atoms with Crippen LogP contribution < -0.4 is 10.2 Å². The van der Waals surface area contributed by atoms with Crippen molar-refractivity contribution in [3.8, 4) is 11.3 Å². The van der Waals surface area contributed by atoms with Crippen molar-refractivity contribution in [1.29, 1.82) is 0 Å². The molecule has 2 aromatic carbocycles. The highest BCUT2D eigenvalue weighted by Gasteiger charge is 2.35. The van der Waals surface area contributed by atoms with Gasteiger partial charge in [-0.25, -0.2) is 4.79 Å². The Hall–Kier alpha value is -3.75. The molecule has 0 bridgehead atoms. The number of anilines is 1. The quantitative estimate of drug-likeness (QED) is 0.335. The first-order valence-electron chi connectivity index (χ1n) is 9.37. The van der Waals surface area contributed by atoms with E-state index >= 15 is 0 Å². The van der Waals surface area contributed by atoms with E-state index in [-0.39, 0.29) is 22.0 Å². The van der Waals surface area contributed by atoms with E-state index in [4.69, 9.17) is 28.2 Å². The summed E-state index contributed by atoms with van der Waals surface area (Å²) in [5.41, 5.74) is 1.44. The van der Waals surface area contributed by atoms with Gasteiger partial charge in [-0.15, -0.1) is 0 Å². The first-order chi connectivity index (χ1) is 15.3. The Morgan fingerprint density at radius 2 is 1.88 bits per heavy atom. The summed E-state index contributed by atoms with van der Waals surface area (Å²) >= 11 is 11.4. The molecular formula is C23H15ClN2O5S. The number of hydrogen-bond acceptors (Lipinski definition) is 5. The molecule has 2 N–H and O–H groups in total. The molecule has 1 fully saturated rings. The highest BCUT2D eigenvalue weighted by Crippen LogP contribution is 2.31. The van der Waals surface area contributed by atoms with E-state index in [2.05, 4.69) is 5.32 Å². The Balaban J connectivity index is 1.71. The Morgan fingerprint density at radius 3 is 2.59 bits per heavy atom. The van der Waals surface area contributed by atoms with E-state index in [9.17, 15) is 19.5 Å². The molecule has 0 unspecified atom stereocenters. The van der Waals surface area contributed by atoms with Crippen LogP contribution in [0.5, 0.6) is 0 Å². The van der Waals surface area contributed by atoms with Gasteiger partial charge < -0.3 is 9.52 Å². The standard InChI is InChI=1S/C23H15ClN2O5S/c1-12-14(5-4-6-15(12)22(29)30)19-10-9-13(31-19)11-16-20(27)25-23(32)26(21(16)28)18-8-3-2-7-17(18)24/h2-11H,1H3,(H,29,30)(H,25,27,32)/b16-11+. The van der Waals surface area contributed by atoms with E-state index in [0.29, 0.717) is 27.6 Å². The number of nitrogens with one attached hydrogen (secondary N) is 1. The molecule has 1 aliphatic rings. The molecule has 0 aliphatic carbocycles. The molecule has 0 spiro atoms. The van der Waals surface area contributed by atoms with Crippen LogP contribution in [0.3, 0.4) is 0 Å². The van der Waals surface area contributed by atoms with Gasteiger partial charge in [0.15, 0.2) is 5.11 Å². The highest BCUT2D eigenvalue weighted by molar-refractivity contribution is 7.80. The SMILES string of the molecule is Cc1c(C(=O)O)cccc1-c1ccc(/C=C2\C(=O)NC(=S)N(c3ccccc3Cl)C2=O)o1. The van der Waals surface area contributed by atoms with Gasteiger partial charge in [-0.3, -0.25) is 19.8 Å². The zero-order chi connectivity index (χ0) is 23.0. The van der Waals surface area contributed by atoms with Crippen molar-refractivity contribution in [3.63, 3.8) is 0 Å². The maximum atomic E-state index is 13.1. The fourth-order valence-corrected chi connectivity index (χ4v) is 3.86. The predicted molar refractivity (Wildman–Crippen MR) is 123 cm³/mol. The molecule has 0 radical (unpaired) electrons. The van der Waals surface area contributed by atoms with E-state index in [0.717, 1.165) is 4.90 Å². The first kappa shape index (κ1) is 21.5. The summed E-state index contributed by atoms with van der Waals surface area (Å²) in [6, 6.07) is 14.7. The number of halogens is 1. The van der Waals surface area contributed by atoms with E-state index in [1.165, 1.54) is 12.1 Å². The molecular weight excluding hydrogens is 452 g/mol. The number of rotatable bonds is 4. The van der Waals surface area contributed by atoms with Crippen molar-refractivity contribution in [1.82, 2.24) is 5.32 Å². The first-order valence-corrected chi connectivity index (χ1v) is 10.2. The van der Waals surface area contributed by atoms with Crippen LogP contribution in [-0.2, 0) is 9.59 Å². The maximum absolute atomic E-state index is 13.1. The van der Waals surface area contributed by atoms with Crippen molar-refractivity contribution in [2.45, 2.75) is 6.92 Å². The van der Waals surface area contributed by atoms with E-state index in [1.807, 2.05) is 0 Å². The zero-order valence-corrected chi connectivity index (χ0v) is 18.2. The van der Waals surface area contributed by atoms with Gasteiger partial charge in [-0.1, -0.05) is 35.9 Å². The van der Waals surface area contributed by atoms with E-state index < -0.39 is 17.8 Å². The summed E-state index contributed by atoms with van der Waals surface area (Å²) < 4.78 is 5.80. The molecule has 9 heteroatoms. The average Bonchev–Trinajstić information content (AvgIpc) is 3.20. The molecule has 1 saturated heterocycles. The number of carboxylic acids is 1. The summed E-state index contributed by atoms with van der Waals surface area (Å²) in [7, 11) is 0. The van der Waals surface area contributed by atoms with Gasteiger partial charge in [0, 0.05) is 5.56 Å². The summed E-state index contributed by atoms with van der Waals surface area (Å²) in [6.45, 7) is 1.68. The van der Waals surface area contributed by atoms with Gasteiger partial charge in [0.2, 0.25) is 0 Å². The van der Waals surface area contributed by atoms with Crippen LogP contribution in [0.1, 0.15) is 21.7 Å². The number of carbonyl (C=O) groups excluding carboxylic acids is 2. The molecule has 1 aliphatic heterocycles. The molecule has 2 heterocycles. The average molecular weight is 467 g/mol. The Morgan fingerprint density at radius 1 is 1.12 bits per heavy atom. The van der Waals surface area contributed by atoms with Crippen LogP contribution in [0.25, 0.3) is 17.4 Å². The normalized spacial score (nSPS) is 15.2. The number of nitrogens with zero attached hydrogens (tertiary/aromatic N) is 1. The number of thiocarbonyl (C=S) groups is 1. The third-order valence-corrected chi connectivity index (χ3v) is 5.54. The fourth-order valence-electron chi connectivity index (χ4n) is 3.36. The minimum atomic E-state index is -1.04. The molecule has 160 valence electrons. The summed E-state index contributed by atoms with van der Waals surface area (Å²) in [6.07, 6.45) is 1.31. The molecule has 2 amide bonds. The van der Waals surface area contributed by atoms with Crippen molar-refractivity contribution in [2.24, 2.45) is 0 Å². The monoisotopic (exact) mass is 466 g/mol. The fraction of sp³-hybridized carbons (Fsp3) is 0.0435. The number of amides is 2. The van der Waals surface area contributed by atoms with Crippen molar-refractivity contribution in [3.05, 3.63) is 82.1 Å². The maximum Gasteiger partial charge on any atom is 0.335 e. The highest BCUT2D eigenvalue weighted by atomic mass is 35.5. The number of hydrogen-bond donors (Lipinski definition) is 2. The second kappa shape index (κ2) is 8.41. The number of para-hydroxylation sites is 1. The van der Waals surface area contributed by atoms with Gasteiger partial charge in [0.25, 0.3) is 11.8 Å². The number of furan rings is 1. The Labute approximate surface area is 192 Å². The minimum absolute atomic E-state index is 0.0773. The summed E-state index contributed by atoms with van der Waals surface area (Å²) in [5.74, 6) is -1.71. The largest absolute Gasteiger partial charge is 0.478 e. The van der Waals surface area contributed by atoms with Crippen molar-refractivity contribution < 1.29 is 23.9 Å². The number of aromatic carboxylic acids is 1.